The topological polar surface area (TPSA) is 113 Å². The SMILES string of the molecule is COC(=O)C(O)C(O)(Cc1ccc(O)cc1)C(=O)OC. The lowest BCUT2D eigenvalue weighted by Crippen LogP contribution is -2.55. The van der Waals surface area contributed by atoms with E-state index in [9.17, 15) is 19.8 Å². The van der Waals surface area contributed by atoms with Crippen molar-refractivity contribution in [2.75, 3.05) is 14.2 Å². The van der Waals surface area contributed by atoms with Crippen molar-refractivity contribution in [3.8, 4) is 5.75 Å². The molecule has 0 heterocycles. The Morgan fingerprint density at radius 2 is 1.75 bits per heavy atom. The number of methoxy groups -OCH3 is 2. The lowest BCUT2D eigenvalue weighted by atomic mass is 9.89. The third-order valence-electron chi connectivity index (χ3n) is 2.83. The van der Waals surface area contributed by atoms with Gasteiger partial charge in [0.2, 0.25) is 5.60 Å². The Bertz CT molecular complexity index is 482. The molecule has 0 aliphatic rings. The molecule has 7 nitrogen and oxygen atoms in total. The fraction of sp³-hybridized carbons (Fsp3) is 0.385. The molecule has 1 aromatic carbocycles. The van der Waals surface area contributed by atoms with Gasteiger partial charge in [-0.25, -0.2) is 9.59 Å². The summed E-state index contributed by atoms with van der Waals surface area (Å²) in [7, 11) is 2.04. The zero-order valence-electron chi connectivity index (χ0n) is 11.1. The Morgan fingerprint density at radius 3 is 2.20 bits per heavy atom. The van der Waals surface area contributed by atoms with Crippen LogP contribution in [0.15, 0.2) is 24.3 Å². The van der Waals surface area contributed by atoms with Gasteiger partial charge in [-0.15, -0.1) is 0 Å². The molecule has 110 valence electrons. The Kier molecular flexibility index (Phi) is 5.06. The van der Waals surface area contributed by atoms with E-state index in [1.165, 1.54) is 24.3 Å². The number of carbonyl (C=O) groups excluding carboxylic acids is 2. The summed E-state index contributed by atoms with van der Waals surface area (Å²) < 4.78 is 8.73. The molecule has 7 heteroatoms. The predicted octanol–water partition coefficient (Wildman–Crippen LogP) is -0.627. The molecule has 2 unspecified atom stereocenters. The van der Waals surface area contributed by atoms with E-state index in [0.717, 1.165) is 14.2 Å². The molecule has 0 bridgehead atoms. The first kappa shape index (κ1) is 15.9. The summed E-state index contributed by atoms with van der Waals surface area (Å²) in [6.07, 6.45) is -2.47. The van der Waals surface area contributed by atoms with Crippen LogP contribution in [0.25, 0.3) is 0 Å². The largest absolute Gasteiger partial charge is 0.508 e. The highest BCUT2D eigenvalue weighted by atomic mass is 16.6. The van der Waals surface area contributed by atoms with Crippen molar-refractivity contribution in [3.05, 3.63) is 29.8 Å². The number of rotatable bonds is 5. The number of phenolic OH excluding ortho intramolecular Hbond substituents is 1. The summed E-state index contributed by atoms with van der Waals surface area (Å²) in [4.78, 5) is 23.0. The van der Waals surface area contributed by atoms with Crippen LogP contribution in [0.4, 0.5) is 0 Å². The smallest absolute Gasteiger partial charge is 0.341 e. The minimum Gasteiger partial charge on any atom is -0.508 e. The zero-order chi connectivity index (χ0) is 15.3. The van der Waals surface area contributed by atoms with E-state index in [2.05, 4.69) is 9.47 Å². The highest BCUT2D eigenvalue weighted by Gasteiger charge is 2.49. The Morgan fingerprint density at radius 1 is 1.20 bits per heavy atom. The van der Waals surface area contributed by atoms with Gasteiger partial charge in [0, 0.05) is 6.42 Å². The third-order valence-corrected chi connectivity index (χ3v) is 2.83. The number of ether oxygens (including phenoxy) is 2. The highest BCUT2D eigenvalue weighted by molar-refractivity contribution is 5.89. The number of benzene rings is 1. The van der Waals surface area contributed by atoms with Crippen LogP contribution in [0.2, 0.25) is 0 Å². The number of esters is 2. The van der Waals surface area contributed by atoms with Gasteiger partial charge >= 0.3 is 11.9 Å². The van der Waals surface area contributed by atoms with Gasteiger partial charge in [-0.1, -0.05) is 12.1 Å². The van der Waals surface area contributed by atoms with Crippen molar-refractivity contribution < 1.29 is 34.4 Å². The summed E-state index contributed by atoms with van der Waals surface area (Å²) in [5.74, 6) is -2.32. The first-order valence-corrected chi connectivity index (χ1v) is 5.69. The van der Waals surface area contributed by atoms with Crippen molar-refractivity contribution in [2.24, 2.45) is 0 Å². The zero-order valence-corrected chi connectivity index (χ0v) is 11.1. The number of hydrogen-bond acceptors (Lipinski definition) is 7. The van der Waals surface area contributed by atoms with E-state index in [0.29, 0.717) is 5.56 Å². The summed E-state index contributed by atoms with van der Waals surface area (Å²) in [5, 5.41) is 29.2. The number of aliphatic hydroxyl groups is 2. The number of carbonyl (C=O) groups is 2. The number of aliphatic hydroxyl groups excluding tert-OH is 1. The average molecular weight is 284 g/mol. The average Bonchev–Trinajstić information content (AvgIpc) is 2.46. The molecule has 0 saturated heterocycles. The molecule has 0 radical (unpaired) electrons. The van der Waals surface area contributed by atoms with E-state index in [1.54, 1.807) is 0 Å². The molecule has 1 aromatic rings. The molecule has 0 saturated carbocycles. The molecule has 1 rings (SSSR count). The predicted molar refractivity (Wildman–Crippen MR) is 66.8 cm³/mol. The molecule has 0 aliphatic heterocycles. The second kappa shape index (κ2) is 6.36. The molecule has 3 N–H and O–H groups in total. The molecular formula is C13H16O7. The molecule has 0 fully saturated rings. The van der Waals surface area contributed by atoms with Gasteiger partial charge in [-0.2, -0.15) is 0 Å². The van der Waals surface area contributed by atoms with Gasteiger partial charge in [0.05, 0.1) is 14.2 Å². The van der Waals surface area contributed by atoms with E-state index in [4.69, 9.17) is 5.11 Å². The number of aromatic hydroxyl groups is 1. The standard InChI is InChI=1S/C13H16O7/c1-19-11(16)10(15)13(18,12(17)20-2)7-8-3-5-9(14)6-4-8/h3-6,10,14-15,18H,7H2,1-2H3. The van der Waals surface area contributed by atoms with E-state index in [-0.39, 0.29) is 12.2 Å². The van der Waals surface area contributed by atoms with E-state index in [1.807, 2.05) is 0 Å². The second-order valence-corrected chi connectivity index (χ2v) is 4.18. The van der Waals surface area contributed by atoms with Crippen LogP contribution in [0.1, 0.15) is 5.56 Å². The maximum Gasteiger partial charge on any atom is 0.341 e. The van der Waals surface area contributed by atoms with Crippen molar-refractivity contribution >= 4 is 11.9 Å². The monoisotopic (exact) mass is 284 g/mol. The van der Waals surface area contributed by atoms with Gasteiger partial charge in [0.25, 0.3) is 0 Å². The molecule has 2 atom stereocenters. The Balaban J connectivity index is 3.08. The fourth-order valence-corrected chi connectivity index (χ4v) is 1.69. The fourth-order valence-electron chi connectivity index (χ4n) is 1.69. The molecule has 0 aliphatic carbocycles. The maximum absolute atomic E-state index is 11.7. The van der Waals surface area contributed by atoms with Gasteiger partial charge in [-0.3, -0.25) is 0 Å². The van der Waals surface area contributed by atoms with Crippen molar-refractivity contribution in [3.63, 3.8) is 0 Å². The first-order chi connectivity index (χ1) is 9.35. The quantitative estimate of drug-likeness (QED) is 0.617. The lowest BCUT2D eigenvalue weighted by Gasteiger charge is -2.28. The lowest BCUT2D eigenvalue weighted by molar-refractivity contribution is -0.187. The van der Waals surface area contributed by atoms with Crippen molar-refractivity contribution in [1.82, 2.24) is 0 Å². The summed E-state index contributed by atoms with van der Waals surface area (Å²) in [6, 6.07) is 5.57. The molecule has 0 spiro atoms. The number of phenols is 1. The van der Waals surface area contributed by atoms with Gasteiger partial charge in [-0.05, 0) is 17.7 Å². The van der Waals surface area contributed by atoms with Gasteiger partial charge < -0.3 is 24.8 Å². The van der Waals surface area contributed by atoms with Crippen LogP contribution in [0, 0.1) is 0 Å². The Labute approximate surface area is 115 Å². The van der Waals surface area contributed by atoms with E-state index >= 15 is 0 Å². The van der Waals surface area contributed by atoms with Crippen LogP contribution in [0.3, 0.4) is 0 Å². The minimum atomic E-state index is -2.47. The van der Waals surface area contributed by atoms with Gasteiger partial charge in [0.1, 0.15) is 5.75 Å². The van der Waals surface area contributed by atoms with E-state index < -0.39 is 23.6 Å². The first-order valence-electron chi connectivity index (χ1n) is 5.69. The van der Waals surface area contributed by atoms with Crippen LogP contribution in [-0.4, -0.2) is 53.2 Å². The van der Waals surface area contributed by atoms with Crippen molar-refractivity contribution in [2.45, 2.75) is 18.1 Å². The van der Waals surface area contributed by atoms with Crippen LogP contribution < -0.4 is 0 Å². The highest BCUT2D eigenvalue weighted by Crippen LogP contribution is 2.22. The Hall–Kier alpha value is -2.12. The summed E-state index contributed by atoms with van der Waals surface area (Å²) >= 11 is 0. The number of hydrogen-bond donors (Lipinski definition) is 3. The normalized spacial score (nSPS) is 15.0. The summed E-state index contributed by atoms with van der Waals surface area (Å²) in [5.41, 5.74) is -2.06. The second-order valence-electron chi connectivity index (χ2n) is 4.18. The molecule has 0 amide bonds. The minimum absolute atomic E-state index is 0.00359. The summed E-state index contributed by atoms with van der Waals surface area (Å²) in [6.45, 7) is 0. The maximum atomic E-state index is 11.7. The van der Waals surface area contributed by atoms with Gasteiger partial charge in [0.15, 0.2) is 6.10 Å². The molecule has 0 aromatic heterocycles. The van der Waals surface area contributed by atoms with Crippen LogP contribution >= 0.6 is 0 Å². The van der Waals surface area contributed by atoms with Crippen LogP contribution in [-0.2, 0) is 25.5 Å². The van der Waals surface area contributed by atoms with Crippen LogP contribution in [0.5, 0.6) is 5.75 Å². The van der Waals surface area contributed by atoms with Crippen molar-refractivity contribution in [1.29, 1.82) is 0 Å². The molecular weight excluding hydrogens is 268 g/mol. The molecule has 20 heavy (non-hydrogen) atoms. The third kappa shape index (κ3) is 3.25.